The Morgan fingerprint density at radius 1 is 1.30 bits per heavy atom. The van der Waals surface area contributed by atoms with Crippen molar-refractivity contribution < 1.29 is 9.59 Å². The highest BCUT2D eigenvalue weighted by molar-refractivity contribution is 5.93. The van der Waals surface area contributed by atoms with Crippen molar-refractivity contribution in [1.29, 1.82) is 0 Å². The first-order valence-electron chi connectivity index (χ1n) is 8.51. The van der Waals surface area contributed by atoms with Gasteiger partial charge in [-0.3, -0.25) is 19.6 Å². The summed E-state index contributed by atoms with van der Waals surface area (Å²) in [5.41, 5.74) is 0.106. The van der Waals surface area contributed by atoms with Crippen LogP contribution >= 0.6 is 0 Å². The van der Waals surface area contributed by atoms with Gasteiger partial charge in [0.1, 0.15) is 11.2 Å². The van der Waals surface area contributed by atoms with Crippen molar-refractivity contribution in [2.45, 2.75) is 31.2 Å². The average Bonchev–Trinajstić information content (AvgIpc) is 3.22. The first-order chi connectivity index (χ1) is 11.2. The Hall–Kier alpha value is -1.89. The number of aromatic nitrogens is 2. The molecule has 1 saturated carbocycles. The number of nitrogens with zero attached hydrogens (tertiary/aromatic N) is 3. The molecule has 2 N–H and O–H groups in total. The van der Waals surface area contributed by atoms with Crippen LogP contribution in [0.1, 0.15) is 36.2 Å². The number of rotatable bonds is 3. The number of carbonyl (C=O) groups is 2. The Morgan fingerprint density at radius 3 is 2.74 bits per heavy atom. The predicted molar refractivity (Wildman–Crippen MR) is 83.8 cm³/mol. The second kappa shape index (κ2) is 5.63. The molecule has 1 spiro atoms. The van der Waals surface area contributed by atoms with Crippen LogP contribution in [0, 0.1) is 5.92 Å². The van der Waals surface area contributed by atoms with Gasteiger partial charge in [0.15, 0.2) is 0 Å². The Balaban J connectivity index is 1.47. The smallest absolute Gasteiger partial charge is 0.271 e. The van der Waals surface area contributed by atoms with Crippen LogP contribution in [0.4, 0.5) is 0 Å². The van der Waals surface area contributed by atoms with Crippen molar-refractivity contribution in [3.63, 3.8) is 0 Å². The lowest BCUT2D eigenvalue weighted by Crippen LogP contribution is -2.68. The topological polar surface area (TPSA) is 81.3 Å². The van der Waals surface area contributed by atoms with Gasteiger partial charge >= 0.3 is 0 Å². The van der Waals surface area contributed by atoms with Gasteiger partial charge in [0.2, 0.25) is 5.91 Å². The van der Waals surface area contributed by atoms with E-state index in [1.54, 1.807) is 12.3 Å². The third kappa shape index (κ3) is 2.63. The third-order valence-corrected chi connectivity index (χ3v) is 5.48. The molecular formula is C16H23N5O2. The van der Waals surface area contributed by atoms with Gasteiger partial charge in [0.25, 0.3) is 5.91 Å². The zero-order valence-corrected chi connectivity index (χ0v) is 13.3. The molecule has 0 bridgehead atoms. The number of H-pyrrole nitrogens is 1. The standard InChI is InChI=1S/C16H23N5O2/c22-14(13-3-6-18-19-13)20-8-4-16(5-9-20)15(23)17-7-10-21(16)11-12-1-2-12/h3,6,12H,1-2,4-5,7-11H2,(H,17,23)(H,18,19). The lowest BCUT2D eigenvalue weighted by molar-refractivity contribution is -0.141. The maximum absolute atomic E-state index is 12.6. The number of piperazine rings is 1. The van der Waals surface area contributed by atoms with E-state index in [1.165, 1.54) is 12.8 Å². The zero-order chi connectivity index (χ0) is 15.9. The minimum Gasteiger partial charge on any atom is -0.353 e. The lowest BCUT2D eigenvalue weighted by Gasteiger charge is -2.50. The summed E-state index contributed by atoms with van der Waals surface area (Å²) in [6, 6.07) is 1.69. The first-order valence-corrected chi connectivity index (χ1v) is 8.51. The summed E-state index contributed by atoms with van der Waals surface area (Å²) in [5.74, 6) is 0.891. The summed E-state index contributed by atoms with van der Waals surface area (Å²) >= 11 is 0. The van der Waals surface area contributed by atoms with Crippen molar-refractivity contribution in [3.8, 4) is 0 Å². The van der Waals surface area contributed by atoms with Crippen LogP contribution in [0.5, 0.6) is 0 Å². The van der Waals surface area contributed by atoms with Gasteiger partial charge in [0.05, 0.1) is 0 Å². The molecule has 1 aliphatic carbocycles. The molecule has 3 heterocycles. The van der Waals surface area contributed by atoms with Crippen molar-refractivity contribution in [3.05, 3.63) is 18.0 Å². The van der Waals surface area contributed by atoms with Crippen molar-refractivity contribution >= 4 is 11.8 Å². The van der Waals surface area contributed by atoms with Gasteiger partial charge in [-0.05, 0) is 37.7 Å². The van der Waals surface area contributed by atoms with E-state index >= 15 is 0 Å². The van der Waals surface area contributed by atoms with Gasteiger partial charge in [-0.25, -0.2) is 0 Å². The second-order valence-electron chi connectivity index (χ2n) is 6.94. The maximum atomic E-state index is 12.6. The Labute approximate surface area is 135 Å². The molecule has 2 aliphatic heterocycles. The summed E-state index contributed by atoms with van der Waals surface area (Å²) in [7, 11) is 0. The molecule has 7 nitrogen and oxygen atoms in total. The highest BCUT2D eigenvalue weighted by Gasteiger charge is 2.49. The van der Waals surface area contributed by atoms with Gasteiger partial charge in [-0.15, -0.1) is 0 Å². The number of nitrogens with one attached hydrogen (secondary N) is 2. The highest BCUT2D eigenvalue weighted by Crippen LogP contribution is 2.37. The van der Waals surface area contributed by atoms with E-state index in [0.29, 0.717) is 31.6 Å². The third-order valence-electron chi connectivity index (χ3n) is 5.48. The van der Waals surface area contributed by atoms with E-state index in [0.717, 1.165) is 25.6 Å². The number of aromatic amines is 1. The fraction of sp³-hybridized carbons (Fsp3) is 0.688. The van der Waals surface area contributed by atoms with Crippen LogP contribution in [0.3, 0.4) is 0 Å². The van der Waals surface area contributed by atoms with Crippen molar-refractivity contribution in [1.82, 2.24) is 25.3 Å². The van der Waals surface area contributed by atoms with E-state index in [1.807, 2.05) is 4.90 Å². The fourth-order valence-electron chi connectivity index (χ4n) is 3.87. The molecule has 2 saturated heterocycles. The average molecular weight is 317 g/mol. The van der Waals surface area contributed by atoms with E-state index in [9.17, 15) is 9.59 Å². The molecule has 7 heteroatoms. The predicted octanol–water partition coefficient (Wildman–Crippen LogP) is 0.226. The summed E-state index contributed by atoms with van der Waals surface area (Å²) in [4.78, 5) is 29.3. The second-order valence-corrected chi connectivity index (χ2v) is 6.94. The monoisotopic (exact) mass is 317 g/mol. The zero-order valence-electron chi connectivity index (χ0n) is 13.3. The number of hydrogen-bond acceptors (Lipinski definition) is 4. The van der Waals surface area contributed by atoms with Crippen LogP contribution in [-0.4, -0.2) is 70.1 Å². The molecule has 1 aromatic rings. The molecule has 0 unspecified atom stereocenters. The minimum atomic E-state index is -0.411. The first kappa shape index (κ1) is 14.7. The summed E-state index contributed by atoms with van der Waals surface area (Å²) < 4.78 is 0. The van der Waals surface area contributed by atoms with Gasteiger partial charge in [0, 0.05) is 38.9 Å². The van der Waals surface area contributed by atoms with Crippen molar-refractivity contribution in [2.75, 3.05) is 32.7 Å². The fourth-order valence-corrected chi connectivity index (χ4v) is 3.87. The van der Waals surface area contributed by atoms with E-state index in [2.05, 4.69) is 20.4 Å². The Kier molecular flexibility index (Phi) is 3.60. The summed E-state index contributed by atoms with van der Waals surface area (Å²) in [5, 5.41) is 9.60. The molecule has 3 aliphatic rings. The number of amides is 2. The molecule has 0 atom stereocenters. The highest BCUT2D eigenvalue weighted by atomic mass is 16.2. The van der Waals surface area contributed by atoms with E-state index < -0.39 is 5.54 Å². The van der Waals surface area contributed by atoms with Crippen LogP contribution < -0.4 is 5.32 Å². The number of likely N-dealkylation sites (tertiary alicyclic amines) is 1. The van der Waals surface area contributed by atoms with E-state index in [4.69, 9.17) is 0 Å². The molecule has 124 valence electrons. The summed E-state index contributed by atoms with van der Waals surface area (Å²) in [6.45, 7) is 3.93. The normalized spacial score (nSPS) is 24.7. The molecular weight excluding hydrogens is 294 g/mol. The SMILES string of the molecule is O=C(c1ccn[nH]1)N1CCC2(CC1)C(=O)NCCN2CC1CC1. The number of hydrogen-bond donors (Lipinski definition) is 2. The largest absolute Gasteiger partial charge is 0.353 e. The summed E-state index contributed by atoms with van der Waals surface area (Å²) in [6.07, 6.45) is 5.60. The molecule has 3 fully saturated rings. The lowest BCUT2D eigenvalue weighted by atomic mass is 9.82. The molecule has 2 amide bonds. The number of carbonyl (C=O) groups excluding carboxylic acids is 2. The van der Waals surface area contributed by atoms with Crippen molar-refractivity contribution in [2.24, 2.45) is 5.92 Å². The quantitative estimate of drug-likeness (QED) is 0.836. The Morgan fingerprint density at radius 2 is 2.09 bits per heavy atom. The minimum absolute atomic E-state index is 0.0256. The van der Waals surface area contributed by atoms with Crippen LogP contribution in [0.2, 0.25) is 0 Å². The van der Waals surface area contributed by atoms with Gasteiger partial charge in [-0.2, -0.15) is 5.10 Å². The van der Waals surface area contributed by atoms with Gasteiger partial charge < -0.3 is 10.2 Å². The molecule has 0 aromatic carbocycles. The maximum Gasteiger partial charge on any atom is 0.271 e. The molecule has 4 rings (SSSR count). The van der Waals surface area contributed by atoms with E-state index in [-0.39, 0.29) is 11.8 Å². The van der Waals surface area contributed by atoms with Crippen LogP contribution in [-0.2, 0) is 4.79 Å². The molecule has 23 heavy (non-hydrogen) atoms. The number of piperidine rings is 1. The van der Waals surface area contributed by atoms with Crippen LogP contribution in [0.15, 0.2) is 12.3 Å². The Bertz CT molecular complexity index is 588. The van der Waals surface area contributed by atoms with Crippen LogP contribution in [0.25, 0.3) is 0 Å². The molecule has 0 radical (unpaired) electrons. The van der Waals surface area contributed by atoms with Gasteiger partial charge in [-0.1, -0.05) is 0 Å². The molecule has 1 aromatic heterocycles.